The van der Waals surface area contributed by atoms with Crippen LogP contribution in [0.2, 0.25) is 0 Å². The van der Waals surface area contributed by atoms with Crippen molar-refractivity contribution in [3.05, 3.63) is 35.4 Å². The minimum Gasteiger partial charge on any atom is -0.366 e. The first-order valence-electron chi connectivity index (χ1n) is 3.21. The average Bonchev–Trinajstić information content (AvgIpc) is 2.04. The first-order chi connectivity index (χ1) is 5.63. The van der Waals surface area contributed by atoms with Gasteiger partial charge in [-0.3, -0.25) is 9.59 Å². The second kappa shape index (κ2) is 3.36. The Balaban J connectivity index is 3.27. The number of hydrogen-bond donors (Lipinski definition) is 1. The van der Waals surface area contributed by atoms with Crippen LogP contribution in [0, 0.1) is 0 Å². The number of primary amides is 1. The van der Waals surface area contributed by atoms with Crippen LogP contribution in [0.15, 0.2) is 24.3 Å². The van der Waals surface area contributed by atoms with E-state index in [1.807, 2.05) is 0 Å². The summed E-state index contributed by atoms with van der Waals surface area (Å²) in [6.07, 6.45) is 0. The summed E-state index contributed by atoms with van der Waals surface area (Å²) in [6, 6.07) is 6.14. The van der Waals surface area contributed by atoms with Crippen molar-refractivity contribution in [1.29, 1.82) is 0 Å². The molecule has 1 aromatic rings. The quantitative estimate of drug-likeness (QED) is 0.700. The molecule has 1 aromatic carbocycles. The van der Waals surface area contributed by atoms with Gasteiger partial charge in [0.05, 0.1) is 5.56 Å². The number of benzene rings is 1. The topological polar surface area (TPSA) is 60.2 Å². The van der Waals surface area contributed by atoms with Gasteiger partial charge in [0.25, 0.3) is 5.24 Å². The molecule has 0 spiro atoms. The van der Waals surface area contributed by atoms with Crippen LogP contribution < -0.4 is 5.73 Å². The molecule has 0 atom stereocenters. The summed E-state index contributed by atoms with van der Waals surface area (Å²) in [4.78, 5) is 21.5. The number of rotatable bonds is 2. The lowest BCUT2D eigenvalue weighted by Crippen LogP contribution is -2.14. The predicted molar refractivity (Wildman–Crippen MR) is 45.1 cm³/mol. The SMILES string of the molecule is NC(=O)c1ccccc1C(=O)Cl. The molecule has 0 bridgehead atoms. The molecule has 0 unspecified atom stereocenters. The van der Waals surface area contributed by atoms with Gasteiger partial charge in [-0.25, -0.2) is 0 Å². The van der Waals surface area contributed by atoms with E-state index in [0.717, 1.165) is 0 Å². The molecule has 3 nitrogen and oxygen atoms in total. The fourth-order valence-electron chi connectivity index (χ4n) is 0.869. The van der Waals surface area contributed by atoms with Crippen molar-refractivity contribution >= 4 is 22.8 Å². The highest BCUT2D eigenvalue weighted by molar-refractivity contribution is 6.68. The molecule has 0 saturated carbocycles. The van der Waals surface area contributed by atoms with Crippen molar-refractivity contribution in [3.8, 4) is 0 Å². The van der Waals surface area contributed by atoms with E-state index in [4.69, 9.17) is 17.3 Å². The summed E-state index contributed by atoms with van der Waals surface area (Å²) >= 11 is 5.21. The molecule has 0 fully saturated rings. The van der Waals surface area contributed by atoms with Gasteiger partial charge in [-0.2, -0.15) is 0 Å². The molecule has 0 saturated heterocycles. The fraction of sp³-hybridized carbons (Fsp3) is 0. The smallest absolute Gasteiger partial charge is 0.253 e. The Morgan fingerprint density at radius 1 is 1.17 bits per heavy atom. The largest absolute Gasteiger partial charge is 0.366 e. The van der Waals surface area contributed by atoms with E-state index < -0.39 is 11.1 Å². The molecule has 2 N–H and O–H groups in total. The van der Waals surface area contributed by atoms with Crippen LogP contribution in [-0.4, -0.2) is 11.1 Å². The summed E-state index contributed by atoms with van der Waals surface area (Å²) in [6.45, 7) is 0. The van der Waals surface area contributed by atoms with Gasteiger partial charge in [-0.1, -0.05) is 12.1 Å². The van der Waals surface area contributed by atoms with Crippen LogP contribution in [0.3, 0.4) is 0 Å². The van der Waals surface area contributed by atoms with Gasteiger partial charge in [-0.15, -0.1) is 0 Å². The summed E-state index contributed by atoms with van der Waals surface area (Å²) in [5, 5.41) is -0.676. The maximum atomic E-state index is 10.7. The third-order valence-corrected chi connectivity index (χ3v) is 1.61. The molecular weight excluding hydrogens is 178 g/mol. The summed E-state index contributed by atoms with van der Waals surface area (Å²) in [5.41, 5.74) is 5.30. The summed E-state index contributed by atoms with van der Waals surface area (Å²) < 4.78 is 0. The van der Waals surface area contributed by atoms with Crippen LogP contribution in [-0.2, 0) is 0 Å². The lowest BCUT2D eigenvalue weighted by Gasteiger charge is -1.99. The molecule has 0 aliphatic heterocycles. The maximum Gasteiger partial charge on any atom is 0.253 e. The molecule has 1 rings (SSSR count). The molecule has 12 heavy (non-hydrogen) atoms. The van der Waals surface area contributed by atoms with Crippen molar-refractivity contribution in [1.82, 2.24) is 0 Å². The summed E-state index contributed by atoms with van der Waals surface area (Å²) in [5.74, 6) is -0.653. The number of carbonyl (C=O) groups is 2. The highest BCUT2D eigenvalue weighted by Crippen LogP contribution is 2.10. The van der Waals surface area contributed by atoms with Crippen LogP contribution in [0.5, 0.6) is 0 Å². The van der Waals surface area contributed by atoms with Crippen LogP contribution in [0.1, 0.15) is 20.7 Å². The average molecular weight is 184 g/mol. The Morgan fingerprint density at radius 2 is 1.67 bits per heavy atom. The maximum absolute atomic E-state index is 10.7. The number of halogens is 1. The van der Waals surface area contributed by atoms with Crippen molar-refractivity contribution in [2.24, 2.45) is 5.73 Å². The van der Waals surface area contributed by atoms with E-state index in [1.54, 1.807) is 12.1 Å². The van der Waals surface area contributed by atoms with Crippen molar-refractivity contribution in [2.75, 3.05) is 0 Å². The molecular formula is C8H6ClNO2. The number of amides is 1. The van der Waals surface area contributed by atoms with Gasteiger partial charge in [0.1, 0.15) is 0 Å². The van der Waals surface area contributed by atoms with E-state index in [9.17, 15) is 9.59 Å². The van der Waals surface area contributed by atoms with Crippen LogP contribution >= 0.6 is 11.6 Å². The molecule has 0 aliphatic rings. The fourth-order valence-corrected chi connectivity index (χ4v) is 1.03. The zero-order valence-electron chi connectivity index (χ0n) is 6.08. The Labute approximate surface area is 74.1 Å². The molecule has 0 aliphatic carbocycles. The first-order valence-corrected chi connectivity index (χ1v) is 3.59. The van der Waals surface area contributed by atoms with Gasteiger partial charge >= 0.3 is 0 Å². The Morgan fingerprint density at radius 3 is 2.00 bits per heavy atom. The van der Waals surface area contributed by atoms with E-state index in [2.05, 4.69) is 0 Å². The van der Waals surface area contributed by atoms with Crippen LogP contribution in [0.25, 0.3) is 0 Å². The van der Waals surface area contributed by atoms with Crippen molar-refractivity contribution < 1.29 is 9.59 Å². The Kier molecular flexibility index (Phi) is 2.45. The van der Waals surface area contributed by atoms with E-state index in [-0.39, 0.29) is 11.1 Å². The standard InChI is InChI=1S/C8H6ClNO2/c9-7(11)5-3-1-2-4-6(5)8(10)12/h1-4H,(H2,10,12). The monoisotopic (exact) mass is 183 g/mol. The predicted octanol–water partition coefficient (Wildman–Crippen LogP) is 1.16. The van der Waals surface area contributed by atoms with E-state index in [1.165, 1.54) is 12.1 Å². The van der Waals surface area contributed by atoms with E-state index >= 15 is 0 Å². The van der Waals surface area contributed by atoms with Gasteiger partial charge in [0.2, 0.25) is 5.91 Å². The third-order valence-electron chi connectivity index (χ3n) is 1.40. The normalized spacial score (nSPS) is 9.42. The lowest BCUT2D eigenvalue weighted by atomic mass is 10.1. The zero-order valence-corrected chi connectivity index (χ0v) is 6.84. The molecule has 1 amide bonds. The second-order valence-electron chi connectivity index (χ2n) is 2.18. The third kappa shape index (κ3) is 1.62. The highest BCUT2D eigenvalue weighted by Gasteiger charge is 2.11. The first kappa shape index (κ1) is 8.74. The number of hydrogen-bond acceptors (Lipinski definition) is 2. The van der Waals surface area contributed by atoms with Gasteiger partial charge < -0.3 is 5.73 Å². The van der Waals surface area contributed by atoms with Gasteiger partial charge in [0, 0.05) is 5.56 Å². The van der Waals surface area contributed by atoms with Crippen molar-refractivity contribution in [3.63, 3.8) is 0 Å². The second-order valence-corrected chi connectivity index (χ2v) is 2.53. The molecule has 0 aromatic heterocycles. The molecule has 0 heterocycles. The highest BCUT2D eigenvalue weighted by atomic mass is 35.5. The minimum absolute atomic E-state index is 0.145. The Bertz CT molecular complexity index is 303. The lowest BCUT2D eigenvalue weighted by molar-refractivity contribution is 0.0989. The van der Waals surface area contributed by atoms with E-state index in [0.29, 0.717) is 0 Å². The van der Waals surface area contributed by atoms with Gasteiger partial charge in [-0.05, 0) is 23.7 Å². The Hall–Kier alpha value is -1.35. The van der Waals surface area contributed by atoms with Crippen LogP contribution in [0.4, 0.5) is 0 Å². The number of nitrogens with two attached hydrogens (primary N) is 1. The zero-order chi connectivity index (χ0) is 9.14. The minimum atomic E-state index is -0.676. The molecule has 62 valence electrons. The van der Waals surface area contributed by atoms with Crippen molar-refractivity contribution in [2.45, 2.75) is 0 Å². The summed E-state index contributed by atoms with van der Waals surface area (Å²) in [7, 11) is 0. The molecule has 0 radical (unpaired) electrons. The molecule has 4 heteroatoms. The van der Waals surface area contributed by atoms with Gasteiger partial charge in [0.15, 0.2) is 0 Å². The number of carbonyl (C=O) groups excluding carboxylic acids is 2.